The van der Waals surface area contributed by atoms with Crippen molar-refractivity contribution in [2.45, 2.75) is 0 Å². The molecule has 0 unspecified atom stereocenters. The number of fused-ring (bicyclic) bond motifs is 3. The van der Waals surface area contributed by atoms with Crippen molar-refractivity contribution in [3.63, 3.8) is 0 Å². The van der Waals surface area contributed by atoms with Gasteiger partial charge in [0.25, 0.3) is 0 Å². The van der Waals surface area contributed by atoms with E-state index >= 15 is 0 Å². The molecule has 0 aliphatic heterocycles. The van der Waals surface area contributed by atoms with Crippen LogP contribution >= 0.6 is 0 Å². The predicted molar refractivity (Wildman–Crippen MR) is 174 cm³/mol. The van der Waals surface area contributed by atoms with Crippen molar-refractivity contribution in [1.82, 2.24) is 15.0 Å². The Labute approximate surface area is 249 Å². The predicted octanol–water partition coefficient (Wildman–Crippen LogP) is 10.1. The third-order valence-electron chi connectivity index (χ3n) is 7.76. The maximum Gasteiger partial charge on any atom is 0.167 e. The molecule has 43 heavy (non-hydrogen) atoms. The Morgan fingerprint density at radius 3 is 1.44 bits per heavy atom. The van der Waals surface area contributed by atoms with Gasteiger partial charge in [-0.25, -0.2) is 15.0 Å². The van der Waals surface area contributed by atoms with Gasteiger partial charge in [-0.1, -0.05) is 133 Å². The van der Waals surface area contributed by atoms with Crippen LogP contribution in [0.2, 0.25) is 0 Å². The second-order valence-corrected chi connectivity index (χ2v) is 10.5. The minimum Gasteiger partial charge on any atom is -0.455 e. The molecule has 8 rings (SSSR count). The maximum absolute atomic E-state index is 6.50. The lowest BCUT2D eigenvalue weighted by atomic mass is 9.99. The first-order chi connectivity index (χ1) is 21.3. The van der Waals surface area contributed by atoms with E-state index in [4.69, 9.17) is 19.4 Å². The second kappa shape index (κ2) is 10.5. The lowest BCUT2D eigenvalue weighted by Gasteiger charge is -2.08. The van der Waals surface area contributed by atoms with Crippen molar-refractivity contribution in [3.8, 4) is 56.4 Å². The molecule has 0 amide bonds. The molecule has 4 heteroatoms. The van der Waals surface area contributed by atoms with Crippen LogP contribution in [0.5, 0.6) is 0 Å². The van der Waals surface area contributed by atoms with Crippen LogP contribution in [0.3, 0.4) is 0 Å². The van der Waals surface area contributed by atoms with Crippen LogP contribution in [0, 0.1) is 0 Å². The van der Waals surface area contributed by atoms with Gasteiger partial charge in [-0.3, -0.25) is 0 Å². The number of hydrogen-bond donors (Lipinski definition) is 0. The molecule has 0 bridgehead atoms. The summed E-state index contributed by atoms with van der Waals surface area (Å²) >= 11 is 0. The van der Waals surface area contributed by atoms with Gasteiger partial charge in [-0.05, 0) is 40.5 Å². The monoisotopic (exact) mass is 551 g/mol. The molecule has 0 saturated heterocycles. The van der Waals surface area contributed by atoms with Crippen LogP contribution in [0.25, 0.3) is 78.4 Å². The SMILES string of the molecule is c1ccc(-c2ccc(-c3ccc4oc5c(-c6nc(-c7ccccc7)nc(-c7ccccc7)n6)cccc5c4c3)cc2)cc1. The van der Waals surface area contributed by atoms with E-state index in [2.05, 4.69) is 72.8 Å². The number of hydrogen-bond acceptors (Lipinski definition) is 4. The number of furan rings is 1. The van der Waals surface area contributed by atoms with Gasteiger partial charge in [0.2, 0.25) is 0 Å². The van der Waals surface area contributed by atoms with Crippen molar-refractivity contribution < 1.29 is 4.42 Å². The standard InChI is InChI=1S/C39H25N3O/c1-4-11-26(12-5-1)27-19-21-28(22-20-27)31-23-24-35-34(25-31)32-17-10-18-33(36(32)43-35)39-41-37(29-13-6-2-7-14-29)40-38(42-39)30-15-8-3-9-16-30/h1-25H. The van der Waals surface area contributed by atoms with Gasteiger partial charge in [0, 0.05) is 21.9 Å². The number of nitrogens with zero attached hydrogens (tertiary/aromatic N) is 3. The fraction of sp³-hybridized carbons (Fsp3) is 0. The molecule has 0 aliphatic rings. The second-order valence-electron chi connectivity index (χ2n) is 10.5. The van der Waals surface area contributed by atoms with Crippen LogP contribution in [0.15, 0.2) is 156 Å². The van der Waals surface area contributed by atoms with E-state index in [9.17, 15) is 0 Å². The first-order valence-corrected chi connectivity index (χ1v) is 14.3. The molecule has 8 aromatic rings. The molecule has 2 aromatic heterocycles. The van der Waals surface area contributed by atoms with Crippen LogP contribution in [0.4, 0.5) is 0 Å². The summed E-state index contributed by atoms with van der Waals surface area (Å²) in [6.45, 7) is 0. The fourth-order valence-corrected chi connectivity index (χ4v) is 5.57. The van der Waals surface area contributed by atoms with Gasteiger partial charge >= 0.3 is 0 Å². The van der Waals surface area contributed by atoms with Crippen LogP contribution in [-0.2, 0) is 0 Å². The quantitative estimate of drug-likeness (QED) is 0.214. The van der Waals surface area contributed by atoms with E-state index in [1.54, 1.807) is 0 Å². The first-order valence-electron chi connectivity index (χ1n) is 14.3. The highest BCUT2D eigenvalue weighted by molar-refractivity contribution is 6.10. The molecule has 4 nitrogen and oxygen atoms in total. The summed E-state index contributed by atoms with van der Waals surface area (Å²) in [5, 5.41) is 2.08. The van der Waals surface area contributed by atoms with E-state index in [-0.39, 0.29) is 0 Å². The zero-order valence-electron chi connectivity index (χ0n) is 23.2. The highest BCUT2D eigenvalue weighted by Crippen LogP contribution is 2.37. The van der Waals surface area contributed by atoms with Crippen molar-refractivity contribution in [2.75, 3.05) is 0 Å². The average molecular weight is 552 g/mol. The number of benzene rings is 6. The van der Waals surface area contributed by atoms with Crippen molar-refractivity contribution in [1.29, 1.82) is 0 Å². The zero-order chi connectivity index (χ0) is 28.6. The van der Waals surface area contributed by atoms with Crippen molar-refractivity contribution >= 4 is 21.9 Å². The number of rotatable bonds is 5. The smallest absolute Gasteiger partial charge is 0.167 e. The summed E-state index contributed by atoms with van der Waals surface area (Å²) in [4.78, 5) is 14.7. The Morgan fingerprint density at radius 2 is 0.837 bits per heavy atom. The Kier molecular flexibility index (Phi) is 6.08. The molecular formula is C39H25N3O. The van der Waals surface area contributed by atoms with Gasteiger partial charge in [0.15, 0.2) is 17.5 Å². The van der Waals surface area contributed by atoms with Gasteiger partial charge in [0.05, 0.1) is 5.56 Å². The molecule has 202 valence electrons. The largest absolute Gasteiger partial charge is 0.455 e. The topological polar surface area (TPSA) is 51.8 Å². The summed E-state index contributed by atoms with van der Waals surface area (Å²) in [6.07, 6.45) is 0. The molecule has 0 N–H and O–H groups in total. The normalized spacial score (nSPS) is 11.3. The van der Waals surface area contributed by atoms with Crippen LogP contribution < -0.4 is 0 Å². The Morgan fingerprint density at radius 1 is 0.349 bits per heavy atom. The lowest BCUT2D eigenvalue weighted by Crippen LogP contribution is -2.00. The highest BCUT2D eigenvalue weighted by Gasteiger charge is 2.18. The first kappa shape index (κ1) is 24.9. The average Bonchev–Trinajstić information content (AvgIpc) is 3.47. The minimum atomic E-state index is 0.578. The molecule has 0 atom stereocenters. The Hall–Kier alpha value is -5.87. The van der Waals surface area contributed by atoms with E-state index in [0.29, 0.717) is 17.5 Å². The van der Waals surface area contributed by atoms with E-state index in [1.165, 1.54) is 11.1 Å². The van der Waals surface area contributed by atoms with Crippen molar-refractivity contribution in [2.24, 2.45) is 0 Å². The molecule has 0 spiro atoms. The van der Waals surface area contributed by atoms with E-state index in [0.717, 1.165) is 49.8 Å². The van der Waals surface area contributed by atoms with E-state index in [1.807, 2.05) is 78.9 Å². The third kappa shape index (κ3) is 4.65. The molecule has 0 fully saturated rings. The van der Waals surface area contributed by atoms with Crippen LogP contribution in [0.1, 0.15) is 0 Å². The summed E-state index contributed by atoms with van der Waals surface area (Å²) in [5.41, 5.74) is 8.99. The molecule has 2 heterocycles. The Bertz CT molecular complexity index is 2150. The zero-order valence-corrected chi connectivity index (χ0v) is 23.2. The summed E-state index contributed by atoms with van der Waals surface area (Å²) < 4.78 is 6.50. The third-order valence-corrected chi connectivity index (χ3v) is 7.76. The molecule has 0 radical (unpaired) electrons. The van der Waals surface area contributed by atoms with E-state index < -0.39 is 0 Å². The number of aromatic nitrogens is 3. The highest BCUT2D eigenvalue weighted by atomic mass is 16.3. The molecule has 0 aliphatic carbocycles. The summed E-state index contributed by atoms with van der Waals surface area (Å²) in [6, 6.07) is 51.7. The van der Waals surface area contributed by atoms with Crippen molar-refractivity contribution in [3.05, 3.63) is 152 Å². The summed E-state index contributed by atoms with van der Waals surface area (Å²) in [5.74, 6) is 1.83. The maximum atomic E-state index is 6.50. The number of para-hydroxylation sites is 1. The summed E-state index contributed by atoms with van der Waals surface area (Å²) in [7, 11) is 0. The van der Waals surface area contributed by atoms with Gasteiger partial charge < -0.3 is 4.42 Å². The Balaban J connectivity index is 1.25. The van der Waals surface area contributed by atoms with Gasteiger partial charge in [0.1, 0.15) is 11.2 Å². The molecule has 6 aromatic carbocycles. The molecule has 0 saturated carbocycles. The lowest BCUT2D eigenvalue weighted by molar-refractivity contribution is 0.669. The van der Waals surface area contributed by atoms with Gasteiger partial charge in [-0.15, -0.1) is 0 Å². The minimum absolute atomic E-state index is 0.578. The molecular weight excluding hydrogens is 526 g/mol. The van der Waals surface area contributed by atoms with Gasteiger partial charge in [-0.2, -0.15) is 0 Å². The fourth-order valence-electron chi connectivity index (χ4n) is 5.57. The van der Waals surface area contributed by atoms with Crippen LogP contribution in [-0.4, -0.2) is 15.0 Å².